The van der Waals surface area contributed by atoms with Gasteiger partial charge >= 0.3 is 0 Å². The molecule has 2 aromatic rings. The molecular weight excluding hydrogens is 230 g/mol. The number of hydrogen-bond acceptors (Lipinski definition) is 5. The van der Waals surface area contributed by atoms with E-state index in [-0.39, 0.29) is 0 Å². The Morgan fingerprint density at radius 1 is 1.33 bits per heavy atom. The molecule has 3 rings (SSSR count). The second kappa shape index (κ2) is 5.04. The van der Waals surface area contributed by atoms with E-state index >= 15 is 0 Å². The zero-order valence-electron chi connectivity index (χ0n) is 10.5. The van der Waals surface area contributed by atoms with Crippen LogP contribution in [0.15, 0.2) is 16.5 Å². The van der Waals surface area contributed by atoms with Crippen LogP contribution in [0, 0.1) is 6.92 Å². The van der Waals surface area contributed by atoms with Gasteiger partial charge in [-0.25, -0.2) is 4.98 Å². The zero-order valence-corrected chi connectivity index (χ0v) is 10.5. The first-order chi connectivity index (χ1) is 8.81. The van der Waals surface area contributed by atoms with Gasteiger partial charge in [0.05, 0.1) is 6.10 Å². The van der Waals surface area contributed by atoms with Gasteiger partial charge in [-0.2, -0.15) is 4.98 Å². The van der Waals surface area contributed by atoms with Crippen LogP contribution in [0.4, 0.5) is 0 Å². The molecule has 0 aromatic carbocycles. The van der Waals surface area contributed by atoms with Crippen molar-refractivity contribution in [1.82, 2.24) is 15.3 Å². The predicted octanol–water partition coefficient (Wildman–Crippen LogP) is 1.80. The van der Waals surface area contributed by atoms with E-state index in [1.807, 2.05) is 19.1 Å². The number of ether oxygens (including phenoxy) is 1. The fraction of sp³-hybridized carbons (Fsp3) is 0.538. The molecule has 0 saturated carbocycles. The first kappa shape index (κ1) is 11.6. The molecular formula is C13H17N3O2. The van der Waals surface area contributed by atoms with E-state index in [9.17, 15) is 0 Å². The summed E-state index contributed by atoms with van der Waals surface area (Å²) < 4.78 is 11.4. The highest BCUT2D eigenvalue weighted by atomic mass is 16.5. The lowest BCUT2D eigenvalue weighted by Gasteiger charge is -2.22. The standard InChI is InChI=1S/C13H17N3O2/c1-9-2-3-11-13(15-9)16-12(18-11)8-17-10-4-6-14-7-5-10/h2-3,10,14H,4-8H2,1H3. The minimum absolute atomic E-state index is 0.316. The van der Waals surface area contributed by atoms with Crippen molar-refractivity contribution in [3.63, 3.8) is 0 Å². The summed E-state index contributed by atoms with van der Waals surface area (Å²) in [6, 6.07) is 3.82. The van der Waals surface area contributed by atoms with Gasteiger partial charge in [-0.3, -0.25) is 0 Å². The van der Waals surface area contributed by atoms with Crippen LogP contribution in [-0.4, -0.2) is 29.2 Å². The van der Waals surface area contributed by atoms with Crippen LogP contribution < -0.4 is 5.32 Å². The lowest BCUT2D eigenvalue weighted by atomic mass is 10.1. The second-order valence-corrected chi connectivity index (χ2v) is 4.64. The van der Waals surface area contributed by atoms with Crippen LogP contribution in [0.1, 0.15) is 24.4 Å². The Balaban J connectivity index is 1.67. The Bertz CT molecular complexity index is 532. The molecule has 1 aliphatic rings. The zero-order chi connectivity index (χ0) is 12.4. The van der Waals surface area contributed by atoms with Crippen LogP contribution in [0.2, 0.25) is 0 Å². The Kier molecular flexibility index (Phi) is 3.25. The number of pyridine rings is 1. The molecule has 3 heterocycles. The van der Waals surface area contributed by atoms with Crippen molar-refractivity contribution in [3.05, 3.63) is 23.7 Å². The maximum Gasteiger partial charge on any atom is 0.223 e. The van der Waals surface area contributed by atoms with E-state index in [4.69, 9.17) is 9.15 Å². The molecule has 0 radical (unpaired) electrons. The number of hydrogen-bond donors (Lipinski definition) is 1. The topological polar surface area (TPSA) is 60.2 Å². The van der Waals surface area contributed by atoms with Crippen molar-refractivity contribution in [2.24, 2.45) is 0 Å². The molecule has 0 unspecified atom stereocenters. The SMILES string of the molecule is Cc1ccc2oc(COC3CCNCC3)nc2n1. The van der Waals surface area contributed by atoms with E-state index in [1.165, 1.54) is 0 Å². The van der Waals surface area contributed by atoms with Gasteiger partial charge in [0.1, 0.15) is 6.61 Å². The number of fused-ring (bicyclic) bond motifs is 1. The number of rotatable bonds is 3. The summed E-state index contributed by atoms with van der Waals surface area (Å²) in [5.41, 5.74) is 2.34. The normalized spacial score (nSPS) is 17.4. The van der Waals surface area contributed by atoms with Crippen LogP contribution in [-0.2, 0) is 11.3 Å². The summed E-state index contributed by atoms with van der Waals surface area (Å²) in [4.78, 5) is 8.66. The summed E-state index contributed by atoms with van der Waals surface area (Å²) in [6.07, 6.45) is 2.42. The molecule has 1 N–H and O–H groups in total. The van der Waals surface area contributed by atoms with Gasteiger partial charge in [0.25, 0.3) is 0 Å². The molecule has 2 aromatic heterocycles. The minimum atomic E-state index is 0.316. The van der Waals surface area contributed by atoms with Crippen molar-refractivity contribution in [1.29, 1.82) is 0 Å². The van der Waals surface area contributed by atoms with E-state index in [0.717, 1.165) is 37.2 Å². The van der Waals surface area contributed by atoms with Crippen molar-refractivity contribution in [2.45, 2.75) is 32.5 Å². The second-order valence-electron chi connectivity index (χ2n) is 4.64. The molecule has 0 amide bonds. The largest absolute Gasteiger partial charge is 0.436 e. The van der Waals surface area contributed by atoms with Gasteiger partial charge in [0.2, 0.25) is 5.89 Å². The number of aromatic nitrogens is 2. The third-order valence-electron chi connectivity index (χ3n) is 3.17. The van der Waals surface area contributed by atoms with Crippen LogP contribution in [0.5, 0.6) is 0 Å². The minimum Gasteiger partial charge on any atom is -0.436 e. The lowest BCUT2D eigenvalue weighted by Crippen LogP contribution is -2.32. The van der Waals surface area contributed by atoms with Gasteiger partial charge in [0.15, 0.2) is 11.2 Å². The molecule has 0 atom stereocenters. The third kappa shape index (κ3) is 2.52. The quantitative estimate of drug-likeness (QED) is 0.896. The average Bonchev–Trinajstić information content (AvgIpc) is 2.79. The number of aryl methyl sites for hydroxylation is 1. The molecule has 18 heavy (non-hydrogen) atoms. The van der Waals surface area contributed by atoms with Gasteiger partial charge < -0.3 is 14.5 Å². The fourth-order valence-corrected chi connectivity index (χ4v) is 2.17. The Morgan fingerprint density at radius 2 is 2.17 bits per heavy atom. The smallest absolute Gasteiger partial charge is 0.223 e. The average molecular weight is 247 g/mol. The van der Waals surface area contributed by atoms with Crippen LogP contribution in [0.25, 0.3) is 11.2 Å². The van der Waals surface area contributed by atoms with Crippen LogP contribution in [0.3, 0.4) is 0 Å². The maximum atomic E-state index is 5.80. The molecule has 5 nitrogen and oxygen atoms in total. The lowest BCUT2D eigenvalue weighted by molar-refractivity contribution is 0.0113. The van der Waals surface area contributed by atoms with Crippen LogP contribution >= 0.6 is 0 Å². The number of nitrogens with zero attached hydrogens (tertiary/aromatic N) is 2. The molecule has 5 heteroatoms. The highest BCUT2D eigenvalue weighted by Crippen LogP contribution is 2.16. The summed E-state index contributed by atoms with van der Waals surface area (Å²) in [7, 11) is 0. The first-order valence-electron chi connectivity index (χ1n) is 6.36. The van der Waals surface area contributed by atoms with Gasteiger partial charge in [0, 0.05) is 5.69 Å². The molecule has 0 spiro atoms. The van der Waals surface area contributed by atoms with Crippen molar-refractivity contribution >= 4 is 11.2 Å². The van der Waals surface area contributed by atoms with E-state index in [2.05, 4.69) is 15.3 Å². The number of piperidine rings is 1. The Morgan fingerprint density at radius 3 is 3.00 bits per heavy atom. The molecule has 1 fully saturated rings. The Hall–Kier alpha value is -1.46. The number of nitrogens with one attached hydrogen (secondary N) is 1. The third-order valence-corrected chi connectivity index (χ3v) is 3.17. The number of oxazole rings is 1. The van der Waals surface area contributed by atoms with Crippen molar-refractivity contribution < 1.29 is 9.15 Å². The monoisotopic (exact) mass is 247 g/mol. The molecule has 96 valence electrons. The summed E-state index contributed by atoms with van der Waals surface area (Å²) in [6.45, 7) is 4.43. The fourth-order valence-electron chi connectivity index (χ4n) is 2.17. The Labute approximate surface area is 106 Å². The highest BCUT2D eigenvalue weighted by molar-refractivity contribution is 5.67. The van der Waals surface area contributed by atoms with E-state index < -0.39 is 0 Å². The molecule has 0 bridgehead atoms. The summed E-state index contributed by atoms with van der Waals surface area (Å²) >= 11 is 0. The molecule has 1 saturated heterocycles. The predicted molar refractivity (Wildman–Crippen MR) is 67.2 cm³/mol. The summed E-state index contributed by atoms with van der Waals surface area (Å²) in [5.74, 6) is 0.613. The highest BCUT2D eigenvalue weighted by Gasteiger charge is 2.15. The van der Waals surface area contributed by atoms with Crippen molar-refractivity contribution in [3.8, 4) is 0 Å². The van der Waals surface area contributed by atoms with E-state index in [0.29, 0.717) is 24.2 Å². The first-order valence-corrected chi connectivity index (χ1v) is 6.36. The van der Waals surface area contributed by atoms with Crippen molar-refractivity contribution in [2.75, 3.05) is 13.1 Å². The summed E-state index contributed by atoms with van der Waals surface area (Å²) in [5, 5.41) is 3.31. The van der Waals surface area contributed by atoms with E-state index in [1.54, 1.807) is 0 Å². The van der Waals surface area contributed by atoms with Gasteiger partial charge in [-0.05, 0) is 45.0 Å². The van der Waals surface area contributed by atoms with Gasteiger partial charge in [-0.15, -0.1) is 0 Å². The molecule has 0 aliphatic carbocycles. The van der Waals surface area contributed by atoms with Gasteiger partial charge in [-0.1, -0.05) is 0 Å². The molecule has 1 aliphatic heterocycles. The maximum absolute atomic E-state index is 5.80.